The number of hydrogen-bond acceptors (Lipinski definition) is 10. The first kappa shape index (κ1) is 46.0. The number of carbonyl (C=O) groups is 2. The number of nitrogens with one attached hydrogen (secondary N) is 2. The van der Waals surface area contributed by atoms with Crippen LogP contribution in [0.15, 0.2) is 112 Å². The van der Waals surface area contributed by atoms with Crippen LogP contribution >= 0.6 is 22.7 Å². The lowest BCUT2D eigenvalue weighted by molar-refractivity contribution is -0.117. The molecule has 2 atom stereocenters. The summed E-state index contributed by atoms with van der Waals surface area (Å²) in [6.45, 7) is 20.6. The second-order valence-corrected chi connectivity index (χ2v) is 20.3. The van der Waals surface area contributed by atoms with Gasteiger partial charge < -0.3 is 15.2 Å². The van der Waals surface area contributed by atoms with Gasteiger partial charge in [-0.1, -0.05) is 100 Å². The van der Waals surface area contributed by atoms with Crippen molar-refractivity contribution in [2.24, 2.45) is 9.98 Å². The summed E-state index contributed by atoms with van der Waals surface area (Å²) >= 11 is 3.46. The van der Waals surface area contributed by atoms with Crippen LogP contribution in [0, 0.1) is 69.2 Å². The van der Waals surface area contributed by atoms with E-state index in [1.165, 1.54) is 32.0 Å². The molecular formula is C55H54N8O3S2. The van der Waals surface area contributed by atoms with Crippen molar-refractivity contribution in [3.05, 3.63) is 186 Å². The van der Waals surface area contributed by atoms with Gasteiger partial charge in [0.1, 0.15) is 22.9 Å². The third-order valence-electron chi connectivity index (χ3n) is 12.6. The molecule has 13 heteroatoms. The van der Waals surface area contributed by atoms with E-state index in [1.807, 2.05) is 76.2 Å². The summed E-state index contributed by atoms with van der Waals surface area (Å²) in [5.74, 6) is 1.93. The molecule has 11 nitrogen and oxygen atoms in total. The van der Waals surface area contributed by atoms with E-state index in [9.17, 15) is 9.59 Å². The predicted molar refractivity (Wildman–Crippen MR) is 275 cm³/mol. The van der Waals surface area contributed by atoms with Gasteiger partial charge in [-0.2, -0.15) is 0 Å². The zero-order valence-corrected chi connectivity index (χ0v) is 41.7. The third kappa shape index (κ3) is 9.15. The van der Waals surface area contributed by atoms with Gasteiger partial charge in [0.15, 0.2) is 11.6 Å². The van der Waals surface area contributed by atoms with Crippen molar-refractivity contribution in [1.29, 1.82) is 0 Å². The van der Waals surface area contributed by atoms with Crippen molar-refractivity contribution in [3.63, 3.8) is 0 Å². The Morgan fingerprint density at radius 2 is 1.01 bits per heavy atom. The lowest BCUT2D eigenvalue weighted by atomic mass is 9.96. The first-order chi connectivity index (χ1) is 32.6. The molecule has 6 heterocycles. The molecule has 10 rings (SSSR count). The topological polar surface area (TPSA) is 140 Å². The average Bonchev–Trinajstić information content (AvgIpc) is 4.01. The van der Waals surface area contributed by atoms with E-state index in [0.29, 0.717) is 11.6 Å². The molecule has 4 aromatic carbocycles. The molecule has 2 aliphatic heterocycles. The SMILES string of the molecule is Cc1ccc(NC(=O)C[C@@H]2N=C(c3ccc(C)cc3)c3c(sc(C)c3C)-c3c(C)noc32)cc1.Cc1ccc(NC(=O)C[C@@H]2N=C(c3ccc(C)cc3)c3c(sc(C)c3C)-n3c(C)nnc32)cc1. The molecule has 0 aliphatic carbocycles. The lowest BCUT2D eigenvalue weighted by Gasteiger charge is -2.13. The Bertz CT molecular complexity index is 3040. The molecule has 0 fully saturated rings. The van der Waals surface area contributed by atoms with Crippen molar-refractivity contribution in [1.82, 2.24) is 19.9 Å². The van der Waals surface area contributed by atoms with Gasteiger partial charge in [0, 0.05) is 48.3 Å². The van der Waals surface area contributed by atoms with E-state index in [4.69, 9.17) is 14.5 Å². The minimum atomic E-state index is -0.475. The summed E-state index contributed by atoms with van der Waals surface area (Å²) in [4.78, 5) is 40.1. The first-order valence-corrected chi connectivity index (χ1v) is 24.4. The van der Waals surface area contributed by atoms with Crippen LogP contribution in [0.3, 0.4) is 0 Å². The van der Waals surface area contributed by atoms with Crippen LogP contribution in [0.5, 0.6) is 0 Å². The number of nitrogens with zero attached hydrogens (tertiary/aromatic N) is 6. The van der Waals surface area contributed by atoms with Crippen LogP contribution in [-0.2, 0) is 9.59 Å². The summed E-state index contributed by atoms with van der Waals surface area (Å²) in [5.41, 5.74) is 16.5. The molecule has 4 aromatic heterocycles. The number of benzene rings is 4. The molecule has 0 spiro atoms. The number of hydrogen-bond donors (Lipinski definition) is 2. The monoisotopic (exact) mass is 938 g/mol. The summed E-state index contributed by atoms with van der Waals surface area (Å²) in [5, 5.41) is 20.2. The number of thiophene rings is 2. The van der Waals surface area contributed by atoms with Gasteiger partial charge in [0.25, 0.3) is 0 Å². The van der Waals surface area contributed by atoms with Crippen molar-refractivity contribution in [2.75, 3.05) is 10.6 Å². The average molecular weight is 939 g/mol. The van der Waals surface area contributed by atoms with Gasteiger partial charge in [-0.15, -0.1) is 32.9 Å². The summed E-state index contributed by atoms with van der Waals surface area (Å²) in [7, 11) is 0. The van der Waals surface area contributed by atoms with Crippen molar-refractivity contribution >= 4 is 57.3 Å². The molecule has 68 heavy (non-hydrogen) atoms. The van der Waals surface area contributed by atoms with Gasteiger partial charge in [0.2, 0.25) is 11.8 Å². The second kappa shape index (κ2) is 18.9. The molecule has 344 valence electrons. The number of anilines is 2. The first-order valence-electron chi connectivity index (χ1n) is 22.8. The van der Waals surface area contributed by atoms with Gasteiger partial charge in [-0.05, 0) is 105 Å². The van der Waals surface area contributed by atoms with Crippen LogP contribution in [0.4, 0.5) is 11.4 Å². The summed E-state index contributed by atoms with van der Waals surface area (Å²) in [6.07, 6.45) is 0.339. The molecule has 2 amide bonds. The largest absolute Gasteiger partial charge is 0.358 e. The highest BCUT2D eigenvalue weighted by molar-refractivity contribution is 7.16. The van der Waals surface area contributed by atoms with E-state index < -0.39 is 12.1 Å². The highest BCUT2D eigenvalue weighted by atomic mass is 32.1. The Labute approximate surface area is 405 Å². The number of aromatic nitrogens is 4. The minimum absolute atomic E-state index is 0.105. The van der Waals surface area contributed by atoms with E-state index in [1.54, 1.807) is 22.7 Å². The number of rotatable bonds is 8. The standard InChI is InChI=1S/C28H27N3O2S.C27H27N5OS/c1-15-6-10-20(11-7-15)26-24-17(3)19(5)34-28(24)25-18(4)31-33-27(25)22(30-26)14-23(32)29-21-12-8-16(2)9-13-21;1-15-6-10-20(11-7-15)25-24-17(3)18(4)34-27(24)32-19(5)30-31-26(32)22(29-25)14-23(33)28-21-12-8-16(2)9-13-21/h6-13,22H,14H2,1-5H3,(H,29,32);6-13,22H,14H2,1-5H3,(H,28,33)/t2*22-/m00/s1. The number of aryl methyl sites for hydroxylation is 8. The predicted octanol–water partition coefficient (Wildman–Crippen LogP) is 12.7. The molecule has 8 aromatic rings. The Hall–Kier alpha value is -7.09. The van der Waals surface area contributed by atoms with Crippen LogP contribution in [0.1, 0.15) is 113 Å². The Morgan fingerprint density at radius 1 is 0.559 bits per heavy atom. The van der Waals surface area contributed by atoms with Crippen LogP contribution in [0.25, 0.3) is 15.4 Å². The summed E-state index contributed by atoms with van der Waals surface area (Å²) < 4.78 is 7.90. The number of carbonyl (C=O) groups excluding carboxylic acids is 2. The van der Waals surface area contributed by atoms with E-state index in [2.05, 4.69) is 121 Å². The third-order valence-corrected chi connectivity index (χ3v) is 15.1. The van der Waals surface area contributed by atoms with Crippen molar-refractivity contribution < 1.29 is 14.1 Å². The Balaban J connectivity index is 0.000000170. The number of fused-ring (bicyclic) bond motifs is 6. The smallest absolute Gasteiger partial charge is 0.227 e. The van der Waals surface area contributed by atoms with Gasteiger partial charge in [-0.25, -0.2) is 0 Å². The number of aliphatic imine (C=N–C) groups is 2. The Morgan fingerprint density at radius 3 is 1.56 bits per heavy atom. The fraction of sp³-hybridized carbons (Fsp3) is 0.255. The molecule has 0 saturated heterocycles. The normalized spacial score (nSPS) is 14.7. The zero-order chi connectivity index (χ0) is 48.0. The van der Waals surface area contributed by atoms with Crippen molar-refractivity contribution in [3.8, 4) is 15.4 Å². The van der Waals surface area contributed by atoms with Crippen LogP contribution < -0.4 is 10.6 Å². The zero-order valence-electron chi connectivity index (χ0n) is 40.0. The molecule has 2 N–H and O–H groups in total. The lowest BCUT2D eigenvalue weighted by Crippen LogP contribution is -2.17. The fourth-order valence-electron chi connectivity index (χ4n) is 8.61. The molecule has 0 saturated carbocycles. The number of amides is 2. The molecule has 0 radical (unpaired) electrons. The quantitative estimate of drug-likeness (QED) is 0.155. The van der Waals surface area contributed by atoms with Crippen LogP contribution in [0.2, 0.25) is 0 Å². The maximum Gasteiger partial charge on any atom is 0.227 e. The van der Waals surface area contributed by atoms with E-state index in [0.717, 1.165) is 83.1 Å². The Kier molecular flexibility index (Phi) is 12.8. The van der Waals surface area contributed by atoms with Crippen molar-refractivity contribution in [2.45, 2.75) is 94.2 Å². The van der Waals surface area contributed by atoms with Gasteiger partial charge >= 0.3 is 0 Å². The maximum atomic E-state index is 13.1. The summed E-state index contributed by atoms with van der Waals surface area (Å²) in [6, 6.07) is 31.5. The fourth-order valence-corrected chi connectivity index (χ4v) is 11.1. The maximum absolute atomic E-state index is 13.1. The highest BCUT2D eigenvalue weighted by Crippen LogP contribution is 2.46. The molecular weight excluding hydrogens is 885 g/mol. The molecule has 0 bridgehead atoms. The van der Waals surface area contributed by atoms with E-state index >= 15 is 0 Å². The van der Waals surface area contributed by atoms with Gasteiger partial charge in [-0.3, -0.25) is 24.1 Å². The molecule has 0 unspecified atom stereocenters. The molecule has 2 aliphatic rings. The second-order valence-electron chi connectivity index (χ2n) is 17.9. The highest BCUT2D eigenvalue weighted by Gasteiger charge is 2.35. The van der Waals surface area contributed by atoms with Crippen LogP contribution in [-0.4, -0.2) is 43.2 Å². The minimum Gasteiger partial charge on any atom is -0.358 e. The van der Waals surface area contributed by atoms with E-state index in [-0.39, 0.29) is 24.7 Å². The van der Waals surface area contributed by atoms with Gasteiger partial charge in [0.05, 0.1) is 35.5 Å².